The zero-order valence-corrected chi connectivity index (χ0v) is 11.2. The van der Waals surface area contributed by atoms with Gasteiger partial charge in [0.15, 0.2) is 0 Å². The molecule has 0 saturated heterocycles. The molecule has 1 aliphatic rings. The van der Waals surface area contributed by atoms with Crippen molar-refractivity contribution in [1.29, 1.82) is 0 Å². The van der Waals surface area contributed by atoms with Gasteiger partial charge in [-0.15, -0.1) is 0 Å². The Morgan fingerprint density at radius 3 is 2.90 bits per heavy atom. The van der Waals surface area contributed by atoms with Gasteiger partial charge in [-0.05, 0) is 36.6 Å². The van der Waals surface area contributed by atoms with E-state index < -0.39 is 0 Å². The normalized spacial score (nSPS) is 17.9. The van der Waals surface area contributed by atoms with Gasteiger partial charge in [-0.3, -0.25) is 4.79 Å². The molecule has 104 valence electrons. The Morgan fingerprint density at radius 2 is 2.15 bits per heavy atom. The molecule has 1 amide bonds. The van der Waals surface area contributed by atoms with Crippen LogP contribution in [-0.2, 0) is 17.8 Å². The molecule has 1 atom stereocenters. The van der Waals surface area contributed by atoms with Crippen molar-refractivity contribution < 1.29 is 9.18 Å². The minimum atomic E-state index is -0.265. The second-order valence-electron chi connectivity index (χ2n) is 4.92. The highest BCUT2D eigenvalue weighted by Gasteiger charge is 2.28. The third-order valence-electron chi connectivity index (χ3n) is 3.71. The van der Waals surface area contributed by atoms with E-state index in [9.17, 15) is 9.18 Å². The molecule has 0 bridgehead atoms. The summed E-state index contributed by atoms with van der Waals surface area (Å²) < 4.78 is 13.4. The Balaban J connectivity index is 1.81. The predicted molar refractivity (Wildman–Crippen MR) is 70.3 cm³/mol. The maximum atomic E-state index is 13.4. The van der Waals surface area contributed by atoms with Gasteiger partial charge in [0.2, 0.25) is 5.91 Å². The van der Waals surface area contributed by atoms with Crippen molar-refractivity contribution in [2.45, 2.75) is 25.9 Å². The molecule has 0 radical (unpaired) electrons. The van der Waals surface area contributed by atoms with Gasteiger partial charge in [-0.25, -0.2) is 4.39 Å². The lowest BCUT2D eigenvalue weighted by Gasteiger charge is -2.35. The van der Waals surface area contributed by atoms with E-state index in [0.717, 1.165) is 17.5 Å². The summed E-state index contributed by atoms with van der Waals surface area (Å²) in [6, 6.07) is 4.66. The molecule has 0 N–H and O–H groups in total. The second-order valence-corrected chi connectivity index (χ2v) is 4.92. The molecular weight excluding hydrogens is 259 g/mol. The Morgan fingerprint density at radius 1 is 1.40 bits per heavy atom. The minimum absolute atomic E-state index is 0.0522. The van der Waals surface area contributed by atoms with E-state index in [1.165, 1.54) is 29.3 Å². The van der Waals surface area contributed by atoms with Crippen LogP contribution in [0.15, 0.2) is 30.6 Å². The first-order valence-electron chi connectivity index (χ1n) is 6.57. The smallest absolute Gasteiger partial charge is 0.246 e. The van der Waals surface area contributed by atoms with Crippen LogP contribution in [0.3, 0.4) is 0 Å². The fourth-order valence-corrected chi connectivity index (χ4v) is 2.66. The Hall–Kier alpha value is -2.24. The number of hydrogen-bond donors (Lipinski definition) is 0. The van der Waals surface area contributed by atoms with Crippen LogP contribution in [-0.4, -0.2) is 32.3 Å². The van der Waals surface area contributed by atoms with Gasteiger partial charge in [0.25, 0.3) is 0 Å². The number of carbonyl (C=O) groups is 1. The summed E-state index contributed by atoms with van der Waals surface area (Å²) in [5.74, 6) is -0.317. The molecule has 20 heavy (non-hydrogen) atoms. The molecule has 0 aliphatic carbocycles. The maximum Gasteiger partial charge on any atom is 0.246 e. The molecular formula is C14H15FN4O. The van der Waals surface area contributed by atoms with Crippen molar-refractivity contribution in [2.75, 3.05) is 6.54 Å². The van der Waals surface area contributed by atoms with Gasteiger partial charge < -0.3 is 4.90 Å². The molecule has 2 aromatic rings. The number of nitrogens with zero attached hydrogens (tertiary/aromatic N) is 4. The summed E-state index contributed by atoms with van der Waals surface area (Å²) in [7, 11) is 0. The van der Waals surface area contributed by atoms with E-state index in [1.54, 1.807) is 11.0 Å². The quantitative estimate of drug-likeness (QED) is 0.835. The molecule has 1 aromatic heterocycles. The van der Waals surface area contributed by atoms with E-state index in [2.05, 4.69) is 10.2 Å². The van der Waals surface area contributed by atoms with Crippen molar-refractivity contribution in [1.82, 2.24) is 19.9 Å². The number of halogens is 1. The molecule has 1 aliphatic heterocycles. The zero-order chi connectivity index (χ0) is 14.1. The maximum absolute atomic E-state index is 13.4. The molecule has 0 saturated carbocycles. The number of hydrogen-bond acceptors (Lipinski definition) is 3. The molecule has 1 aromatic carbocycles. The molecule has 0 spiro atoms. The zero-order valence-electron chi connectivity index (χ0n) is 11.2. The lowest BCUT2D eigenvalue weighted by molar-refractivity contribution is -0.134. The topological polar surface area (TPSA) is 51.0 Å². The fraction of sp³-hybridized carbons (Fsp3) is 0.357. The fourth-order valence-electron chi connectivity index (χ4n) is 2.66. The monoisotopic (exact) mass is 274 g/mol. The molecule has 6 heteroatoms. The summed E-state index contributed by atoms with van der Waals surface area (Å²) in [6.07, 6.45) is 3.83. The van der Waals surface area contributed by atoms with Crippen molar-refractivity contribution >= 4 is 5.91 Å². The standard InChI is InChI=1S/C14H15FN4O/c1-10-13-8-12(15)3-2-11(13)4-7-18(10)14(20)9-19-16-5-6-17-19/h2-3,5-6,8,10H,4,7,9H2,1H3/t10-/m1/s1. The van der Waals surface area contributed by atoms with Crippen LogP contribution in [0, 0.1) is 5.82 Å². The van der Waals surface area contributed by atoms with Crippen LogP contribution >= 0.6 is 0 Å². The molecule has 5 nitrogen and oxygen atoms in total. The Kier molecular flexibility index (Phi) is 3.22. The van der Waals surface area contributed by atoms with Gasteiger partial charge in [-0.2, -0.15) is 15.0 Å². The van der Waals surface area contributed by atoms with E-state index in [0.29, 0.717) is 6.54 Å². The van der Waals surface area contributed by atoms with E-state index in [1.807, 2.05) is 6.92 Å². The minimum Gasteiger partial charge on any atom is -0.334 e. The summed E-state index contributed by atoms with van der Waals surface area (Å²) in [5, 5.41) is 7.87. The van der Waals surface area contributed by atoms with Crippen molar-refractivity contribution in [3.8, 4) is 0 Å². The average Bonchev–Trinajstić information content (AvgIpc) is 2.92. The lowest BCUT2D eigenvalue weighted by Crippen LogP contribution is -2.41. The van der Waals surface area contributed by atoms with Crippen LogP contribution in [0.4, 0.5) is 4.39 Å². The van der Waals surface area contributed by atoms with Crippen molar-refractivity contribution in [3.63, 3.8) is 0 Å². The van der Waals surface area contributed by atoms with Crippen molar-refractivity contribution in [2.24, 2.45) is 0 Å². The molecule has 0 fully saturated rings. The van der Waals surface area contributed by atoms with Crippen LogP contribution in [0.25, 0.3) is 0 Å². The predicted octanol–water partition coefficient (Wildman–Crippen LogP) is 1.56. The number of aromatic nitrogens is 3. The van der Waals surface area contributed by atoms with Crippen LogP contribution < -0.4 is 0 Å². The Labute approximate surface area is 116 Å². The van der Waals surface area contributed by atoms with Crippen LogP contribution in [0.2, 0.25) is 0 Å². The van der Waals surface area contributed by atoms with Gasteiger partial charge in [-0.1, -0.05) is 6.07 Å². The summed E-state index contributed by atoms with van der Waals surface area (Å²) >= 11 is 0. The number of fused-ring (bicyclic) bond motifs is 1. The summed E-state index contributed by atoms with van der Waals surface area (Å²) in [4.78, 5) is 15.4. The van der Waals surface area contributed by atoms with E-state index in [-0.39, 0.29) is 24.3 Å². The first-order chi connectivity index (χ1) is 9.65. The SMILES string of the molecule is C[C@@H]1c2cc(F)ccc2CCN1C(=O)Cn1nccn1. The van der Waals surface area contributed by atoms with Gasteiger partial charge in [0, 0.05) is 6.54 Å². The van der Waals surface area contributed by atoms with E-state index in [4.69, 9.17) is 0 Å². The number of rotatable bonds is 2. The summed E-state index contributed by atoms with van der Waals surface area (Å²) in [6.45, 7) is 2.67. The highest BCUT2D eigenvalue weighted by Crippen LogP contribution is 2.30. The largest absolute Gasteiger partial charge is 0.334 e. The number of carbonyl (C=O) groups excluding carboxylic acids is 1. The number of amides is 1. The van der Waals surface area contributed by atoms with Crippen LogP contribution in [0.5, 0.6) is 0 Å². The summed E-state index contributed by atoms with van der Waals surface area (Å²) in [5.41, 5.74) is 2.00. The van der Waals surface area contributed by atoms with Gasteiger partial charge >= 0.3 is 0 Å². The first-order valence-corrected chi connectivity index (χ1v) is 6.57. The van der Waals surface area contributed by atoms with Gasteiger partial charge in [0.1, 0.15) is 12.4 Å². The number of benzene rings is 1. The molecule has 0 unspecified atom stereocenters. The molecule has 2 heterocycles. The average molecular weight is 274 g/mol. The van der Waals surface area contributed by atoms with E-state index >= 15 is 0 Å². The first kappa shape index (κ1) is 12.8. The highest BCUT2D eigenvalue weighted by molar-refractivity contribution is 5.76. The molecule has 3 rings (SSSR count). The van der Waals surface area contributed by atoms with Crippen LogP contribution in [0.1, 0.15) is 24.1 Å². The highest BCUT2D eigenvalue weighted by atomic mass is 19.1. The third-order valence-corrected chi connectivity index (χ3v) is 3.71. The lowest BCUT2D eigenvalue weighted by atomic mass is 9.93. The Bertz CT molecular complexity index is 626. The second kappa shape index (κ2) is 5.03. The third kappa shape index (κ3) is 2.29. The van der Waals surface area contributed by atoms with Crippen molar-refractivity contribution in [3.05, 3.63) is 47.5 Å². The van der Waals surface area contributed by atoms with Gasteiger partial charge in [0.05, 0.1) is 18.4 Å².